The average Bonchev–Trinajstić information content (AvgIpc) is 2.20. The molecule has 0 unspecified atom stereocenters. The van der Waals surface area contributed by atoms with Crippen LogP contribution in [0.3, 0.4) is 0 Å². The quantitative estimate of drug-likeness (QED) is 0.534. The summed E-state index contributed by atoms with van der Waals surface area (Å²) in [5, 5.41) is 0. The Kier molecular flexibility index (Phi) is 2.85. The van der Waals surface area contributed by atoms with E-state index in [1.807, 2.05) is 0 Å². The van der Waals surface area contributed by atoms with Crippen LogP contribution in [0.2, 0.25) is 0 Å². The van der Waals surface area contributed by atoms with Crippen LogP contribution in [-0.4, -0.2) is 5.78 Å². The SMILES string of the molecule is C=C1CCCC/C1=C1\CCCCC1=O. The van der Waals surface area contributed by atoms with Gasteiger partial charge in [-0.25, -0.2) is 0 Å². The van der Waals surface area contributed by atoms with Crippen LogP contribution in [0, 0.1) is 0 Å². The largest absolute Gasteiger partial charge is 0.295 e. The lowest BCUT2D eigenvalue weighted by molar-refractivity contribution is -0.116. The number of allylic oxidation sites excluding steroid dienone is 3. The normalized spacial score (nSPS) is 29.4. The molecule has 0 saturated heterocycles. The van der Waals surface area contributed by atoms with Crippen molar-refractivity contribution in [2.45, 2.75) is 51.4 Å². The van der Waals surface area contributed by atoms with Gasteiger partial charge >= 0.3 is 0 Å². The summed E-state index contributed by atoms with van der Waals surface area (Å²) in [5.74, 6) is 0.398. The van der Waals surface area contributed by atoms with Gasteiger partial charge in [-0.2, -0.15) is 0 Å². The maximum absolute atomic E-state index is 11.7. The van der Waals surface area contributed by atoms with E-state index in [9.17, 15) is 4.79 Å². The van der Waals surface area contributed by atoms with Crippen LogP contribution in [-0.2, 0) is 4.79 Å². The first-order chi connectivity index (χ1) is 6.79. The molecular formula is C13H18O. The van der Waals surface area contributed by atoms with Gasteiger partial charge in [0, 0.05) is 6.42 Å². The molecule has 2 aliphatic rings. The summed E-state index contributed by atoms with van der Waals surface area (Å²) in [7, 11) is 0. The van der Waals surface area contributed by atoms with Crippen LogP contribution >= 0.6 is 0 Å². The van der Waals surface area contributed by atoms with Gasteiger partial charge in [-0.15, -0.1) is 0 Å². The number of Topliss-reactive ketones (excluding diaryl/α,β-unsaturated/α-hetero) is 1. The van der Waals surface area contributed by atoms with Gasteiger partial charge in [0.15, 0.2) is 5.78 Å². The summed E-state index contributed by atoms with van der Waals surface area (Å²) in [6.07, 6.45) is 8.75. The monoisotopic (exact) mass is 190 g/mol. The smallest absolute Gasteiger partial charge is 0.159 e. The molecule has 0 spiro atoms. The van der Waals surface area contributed by atoms with Crippen LogP contribution in [0.25, 0.3) is 0 Å². The zero-order valence-corrected chi connectivity index (χ0v) is 8.77. The van der Waals surface area contributed by atoms with Crippen molar-refractivity contribution in [1.82, 2.24) is 0 Å². The molecule has 0 aromatic carbocycles. The fraction of sp³-hybridized carbons (Fsp3) is 0.615. The molecule has 0 aromatic heterocycles. The Morgan fingerprint density at radius 3 is 2.00 bits per heavy atom. The highest BCUT2D eigenvalue weighted by atomic mass is 16.1. The highest BCUT2D eigenvalue weighted by Crippen LogP contribution is 2.34. The Balaban J connectivity index is 2.26. The summed E-state index contributed by atoms with van der Waals surface area (Å²) >= 11 is 0. The first kappa shape index (κ1) is 9.70. The van der Waals surface area contributed by atoms with E-state index in [1.54, 1.807) is 0 Å². The van der Waals surface area contributed by atoms with E-state index in [0.717, 1.165) is 37.7 Å². The third kappa shape index (κ3) is 1.82. The fourth-order valence-electron chi connectivity index (χ4n) is 2.53. The first-order valence-corrected chi connectivity index (χ1v) is 5.72. The van der Waals surface area contributed by atoms with Gasteiger partial charge < -0.3 is 0 Å². The number of hydrogen-bond donors (Lipinski definition) is 0. The van der Waals surface area contributed by atoms with E-state index in [4.69, 9.17) is 0 Å². The summed E-state index contributed by atoms with van der Waals surface area (Å²) in [6, 6.07) is 0. The third-order valence-electron chi connectivity index (χ3n) is 3.36. The van der Waals surface area contributed by atoms with Crippen LogP contribution in [0.15, 0.2) is 23.3 Å². The van der Waals surface area contributed by atoms with Crippen molar-refractivity contribution in [3.05, 3.63) is 23.3 Å². The molecule has 2 rings (SSSR count). The van der Waals surface area contributed by atoms with Crippen LogP contribution in [0.5, 0.6) is 0 Å². The molecule has 0 N–H and O–H groups in total. The van der Waals surface area contributed by atoms with E-state index < -0.39 is 0 Å². The highest BCUT2D eigenvalue weighted by molar-refractivity contribution is 5.97. The Hall–Kier alpha value is -0.850. The minimum Gasteiger partial charge on any atom is -0.295 e. The second kappa shape index (κ2) is 4.12. The van der Waals surface area contributed by atoms with Gasteiger partial charge in [-0.05, 0) is 56.1 Å². The molecule has 0 heterocycles. The lowest BCUT2D eigenvalue weighted by Crippen LogP contribution is -2.13. The summed E-state index contributed by atoms with van der Waals surface area (Å²) < 4.78 is 0. The minimum atomic E-state index is 0.398. The Morgan fingerprint density at radius 2 is 1.36 bits per heavy atom. The van der Waals surface area contributed by atoms with Crippen LogP contribution in [0.1, 0.15) is 51.4 Å². The standard InChI is InChI=1S/C13H18O/c1-10-6-2-3-7-11(10)12-8-4-5-9-13(12)14/h1-9H2/b12-11-. The molecule has 2 saturated carbocycles. The molecule has 76 valence electrons. The molecule has 0 amide bonds. The van der Waals surface area contributed by atoms with E-state index in [2.05, 4.69) is 6.58 Å². The number of rotatable bonds is 0. The van der Waals surface area contributed by atoms with Gasteiger partial charge in [-0.3, -0.25) is 4.79 Å². The average molecular weight is 190 g/mol. The molecule has 0 bridgehead atoms. The molecule has 2 fully saturated rings. The Bertz CT molecular complexity index is 266. The first-order valence-electron chi connectivity index (χ1n) is 5.72. The van der Waals surface area contributed by atoms with Crippen molar-refractivity contribution >= 4 is 5.78 Å². The molecule has 0 atom stereocenters. The van der Waals surface area contributed by atoms with Crippen molar-refractivity contribution in [2.24, 2.45) is 0 Å². The Labute approximate surface area is 85.9 Å². The molecule has 0 aliphatic heterocycles. The molecule has 1 heteroatoms. The van der Waals surface area contributed by atoms with Crippen molar-refractivity contribution in [3.8, 4) is 0 Å². The maximum Gasteiger partial charge on any atom is 0.159 e. The van der Waals surface area contributed by atoms with Crippen molar-refractivity contribution in [3.63, 3.8) is 0 Å². The van der Waals surface area contributed by atoms with Gasteiger partial charge in [0.2, 0.25) is 0 Å². The number of carbonyl (C=O) groups excluding carboxylic acids is 1. The Morgan fingerprint density at radius 1 is 0.786 bits per heavy atom. The predicted octanol–water partition coefficient (Wildman–Crippen LogP) is 3.56. The number of carbonyl (C=O) groups is 1. The predicted molar refractivity (Wildman–Crippen MR) is 58.1 cm³/mol. The fourth-order valence-corrected chi connectivity index (χ4v) is 2.53. The van der Waals surface area contributed by atoms with Gasteiger partial charge in [0.1, 0.15) is 0 Å². The second-order valence-electron chi connectivity index (χ2n) is 4.40. The van der Waals surface area contributed by atoms with Crippen LogP contribution < -0.4 is 0 Å². The van der Waals surface area contributed by atoms with Crippen molar-refractivity contribution in [2.75, 3.05) is 0 Å². The van der Waals surface area contributed by atoms with Crippen LogP contribution in [0.4, 0.5) is 0 Å². The molecule has 0 aromatic rings. The molecule has 1 nitrogen and oxygen atoms in total. The summed E-state index contributed by atoms with van der Waals surface area (Å²) in [6.45, 7) is 4.10. The van der Waals surface area contributed by atoms with E-state index in [0.29, 0.717) is 5.78 Å². The van der Waals surface area contributed by atoms with E-state index >= 15 is 0 Å². The second-order valence-corrected chi connectivity index (χ2v) is 4.40. The highest BCUT2D eigenvalue weighted by Gasteiger charge is 2.21. The van der Waals surface area contributed by atoms with Gasteiger partial charge in [0.05, 0.1) is 0 Å². The summed E-state index contributed by atoms with van der Waals surface area (Å²) in [4.78, 5) is 11.7. The third-order valence-corrected chi connectivity index (χ3v) is 3.36. The van der Waals surface area contributed by atoms with E-state index in [-0.39, 0.29) is 0 Å². The minimum absolute atomic E-state index is 0.398. The number of hydrogen-bond acceptors (Lipinski definition) is 1. The zero-order chi connectivity index (χ0) is 9.97. The lowest BCUT2D eigenvalue weighted by Gasteiger charge is -2.23. The van der Waals surface area contributed by atoms with Gasteiger partial charge in [0.25, 0.3) is 0 Å². The molecule has 0 radical (unpaired) electrons. The molecule has 14 heavy (non-hydrogen) atoms. The van der Waals surface area contributed by atoms with E-state index in [1.165, 1.54) is 30.4 Å². The maximum atomic E-state index is 11.7. The molecule has 2 aliphatic carbocycles. The van der Waals surface area contributed by atoms with Crippen molar-refractivity contribution in [1.29, 1.82) is 0 Å². The van der Waals surface area contributed by atoms with Crippen molar-refractivity contribution < 1.29 is 4.79 Å². The van der Waals surface area contributed by atoms with Gasteiger partial charge in [-0.1, -0.05) is 12.2 Å². The number of ketones is 1. The zero-order valence-electron chi connectivity index (χ0n) is 8.77. The molecular weight excluding hydrogens is 172 g/mol. The topological polar surface area (TPSA) is 17.1 Å². The summed E-state index contributed by atoms with van der Waals surface area (Å²) in [5.41, 5.74) is 3.68. The lowest BCUT2D eigenvalue weighted by atomic mass is 9.81.